The molecule has 5 rings (SSSR count). The number of carbonyl (C=O) groups is 1. The predicted octanol–water partition coefficient (Wildman–Crippen LogP) is 2.94. The summed E-state index contributed by atoms with van der Waals surface area (Å²) in [4.78, 5) is 17.2. The SMILES string of the molecule is Cn1ccc2ccc(CN3C[C@@H]4CN(C5CCCC5)C[C@]4(C(=O)O)C3)cc21. The normalized spacial score (nSPS) is 29.7. The molecule has 0 bridgehead atoms. The zero-order chi connectivity index (χ0) is 18.6. The molecule has 3 aliphatic rings. The van der Waals surface area contributed by atoms with Gasteiger partial charge in [0.15, 0.2) is 0 Å². The molecule has 0 radical (unpaired) electrons. The van der Waals surface area contributed by atoms with Crippen molar-refractivity contribution in [1.82, 2.24) is 14.4 Å². The molecule has 3 fully saturated rings. The van der Waals surface area contributed by atoms with E-state index >= 15 is 0 Å². The van der Waals surface area contributed by atoms with Crippen molar-refractivity contribution in [2.45, 2.75) is 38.3 Å². The van der Waals surface area contributed by atoms with Gasteiger partial charge in [0, 0.05) is 63.4 Å². The zero-order valence-corrected chi connectivity index (χ0v) is 16.1. The highest BCUT2D eigenvalue weighted by atomic mass is 16.4. The van der Waals surface area contributed by atoms with Crippen LogP contribution in [0.4, 0.5) is 0 Å². The molecular weight excluding hydrogens is 338 g/mol. The Morgan fingerprint density at radius 3 is 2.74 bits per heavy atom. The molecule has 0 spiro atoms. The monoisotopic (exact) mass is 367 g/mol. The summed E-state index contributed by atoms with van der Waals surface area (Å²) in [5.41, 5.74) is 1.95. The lowest BCUT2D eigenvalue weighted by molar-refractivity contribution is -0.149. The van der Waals surface area contributed by atoms with Gasteiger partial charge in [0.05, 0.1) is 5.41 Å². The van der Waals surface area contributed by atoms with Crippen LogP contribution in [0.5, 0.6) is 0 Å². The molecule has 5 heteroatoms. The van der Waals surface area contributed by atoms with E-state index in [0.717, 1.165) is 26.2 Å². The van der Waals surface area contributed by atoms with Crippen molar-refractivity contribution in [2.24, 2.45) is 18.4 Å². The van der Waals surface area contributed by atoms with Crippen molar-refractivity contribution in [3.05, 3.63) is 36.0 Å². The summed E-state index contributed by atoms with van der Waals surface area (Å²) < 4.78 is 2.15. The lowest BCUT2D eigenvalue weighted by Gasteiger charge is -2.28. The maximum atomic E-state index is 12.3. The van der Waals surface area contributed by atoms with Gasteiger partial charge in [-0.1, -0.05) is 25.0 Å². The molecule has 1 aromatic carbocycles. The molecule has 0 unspecified atom stereocenters. The van der Waals surface area contributed by atoms with Gasteiger partial charge in [0.25, 0.3) is 0 Å². The van der Waals surface area contributed by atoms with Crippen LogP contribution in [0, 0.1) is 11.3 Å². The smallest absolute Gasteiger partial charge is 0.312 e. The molecule has 2 atom stereocenters. The van der Waals surface area contributed by atoms with Gasteiger partial charge in [0.2, 0.25) is 0 Å². The van der Waals surface area contributed by atoms with E-state index in [4.69, 9.17) is 0 Å². The van der Waals surface area contributed by atoms with Crippen LogP contribution >= 0.6 is 0 Å². The minimum absolute atomic E-state index is 0.259. The van der Waals surface area contributed by atoms with E-state index in [9.17, 15) is 9.90 Å². The number of hydrogen-bond acceptors (Lipinski definition) is 3. The number of benzene rings is 1. The molecule has 5 nitrogen and oxygen atoms in total. The Morgan fingerprint density at radius 1 is 1.19 bits per heavy atom. The van der Waals surface area contributed by atoms with Crippen LogP contribution in [0.2, 0.25) is 0 Å². The minimum Gasteiger partial charge on any atom is -0.481 e. The summed E-state index contributed by atoms with van der Waals surface area (Å²) in [6.07, 6.45) is 7.21. The third-order valence-electron chi connectivity index (χ3n) is 7.33. The Bertz CT molecular complexity index is 870. The molecule has 144 valence electrons. The second-order valence-electron chi connectivity index (χ2n) is 9.02. The van der Waals surface area contributed by atoms with Crippen LogP contribution in [0.15, 0.2) is 30.5 Å². The number of aryl methyl sites for hydroxylation is 1. The summed E-state index contributed by atoms with van der Waals surface area (Å²) in [6, 6.07) is 9.38. The van der Waals surface area contributed by atoms with Gasteiger partial charge in [0.1, 0.15) is 0 Å². The molecule has 0 amide bonds. The highest BCUT2D eigenvalue weighted by Gasteiger charge is 2.58. The average molecular weight is 367 g/mol. The van der Waals surface area contributed by atoms with Gasteiger partial charge in [-0.05, 0) is 35.9 Å². The van der Waals surface area contributed by atoms with Crippen molar-refractivity contribution in [3.63, 3.8) is 0 Å². The molecule has 1 N–H and O–H groups in total. The summed E-state index contributed by atoms with van der Waals surface area (Å²) >= 11 is 0. The van der Waals surface area contributed by atoms with Gasteiger partial charge >= 0.3 is 5.97 Å². The maximum absolute atomic E-state index is 12.3. The Morgan fingerprint density at radius 2 is 2.00 bits per heavy atom. The molecule has 2 aliphatic heterocycles. The number of carboxylic acid groups (broad SMARTS) is 1. The number of carboxylic acids is 1. The Kier molecular flexibility index (Phi) is 4.06. The first-order valence-corrected chi connectivity index (χ1v) is 10.3. The van der Waals surface area contributed by atoms with Crippen molar-refractivity contribution >= 4 is 16.9 Å². The van der Waals surface area contributed by atoms with Crippen LogP contribution in [-0.2, 0) is 18.4 Å². The maximum Gasteiger partial charge on any atom is 0.312 e. The molecule has 2 saturated heterocycles. The zero-order valence-electron chi connectivity index (χ0n) is 16.1. The van der Waals surface area contributed by atoms with Crippen molar-refractivity contribution in [1.29, 1.82) is 0 Å². The van der Waals surface area contributed by atoms with Gasteiger partial charge in [-0.15, -0.1) is 0 Å². The topological polar surface area (TPSA) is 48.7 Å². The highest BCUT2D eigenvalue weighted by Crippen LogP contribution is 2.45. The fraction of sp³-hybridized carbons (Fsp3) is 0.591. The number of hydrogen-bond donors (Lipinski definition) is 1. The molecule has 27 heavy (non-hydrogen) atoms. The standard InChI is InChI=1S/C22H29N3O2/c1-23-9-8-17-7-6-16(10-20(17)23)11-24-12-18-13-25(19-4-2-3-5-19)15-22(18,14-24)21(26)27/h6-10,18-19H,2-5,11-15H2,1H3,(H,26,27)/t18-,22-/m1/s1. The Balaban J connectivity index is 1.33. The quantitative estimate of drug-likeness (QED) is 0.903. The predicted molar refractivity (Wildman–Crippen MR) is 106 cm³/mol. The van der Waals surface area contributed by atoms with Crippen LogP contribution in [-0.4, -0.2) is 57.7 Å². The van der Waals surface area contributed by atoms with Gasteiger partial charge in [-0.3, -0.25) is 14.6 Å². The molecule has 1 aromatic heterocycles. The van der Waals surface area contributed by atoms with Crippen molar-refractivity contribution < 1.29 is 9.90 Å². The number of likely N-dealkylation sites (tertiary alicyclic amines) is 2. The Labute approximate surface area is 160 Å². The Hall–Kier alpha value is -1.85. The lowest BCUT2D eigenvalue weighted by atomic mass is 9.81. The first kappa shape index (κ1) is 17.3. The van der Waals surface area contributed by atoms with Gasteiger partial charge in [-0.2, -0.15) is 0 Å². The van der Waals surface area contributed by atoms with Crippen LogP contribution in [0.1, 0.15) is 31.2 Å². The summed E-state index contributed by atoms with van der Waals surface area (Å²) in [5.74, 6) is -0.331. The first-order valence-electron chi connectivity index (χ1n) is 10.3. The largest absolute Gasteiger partial charge is 0.481 e. The van der Waals surface area contributed by atoms with E-state index in [1.54, 1.807) is 0 Å². The summed E-state index contributed by atoms with van der Waals surface area (Å²) in [6.45, 7) is 4.13. The molecule has 1 saturated carbocycles. The van der Waals surface area contributed by atoms with E-state index in [0.29, 0.717) is 12.6 Å². The number of rotatable bonds is 4. The second-order valence-corrected chi connectivity index (χ2v) is 9.02. The fourth-order valence-corrected chi connectivity index (χ4v) is 5.84. The number of aliphatic carboxylic acids is 1. The summed E-state index contributed by atoms with van der Waals surface area (Å²) in [7, 11) is 2.07. The molecule has 3 heterocycles. The van der Waals surface area contributed by atoms with E-state index in [1.165, 1.54) is 42.1 Å². The number of aromatic nitrogens is 1. The first-order chi connectivity index (χ1) is 13.0. The van der Waals surface area contributed by atoms with Gasteiger partial charge in [-0.25, -0.2) is 0 Å². The lowest BCUT2D eigenvalue weighted by Crippen LogP contribution is -2.42. The average Bonchev–Trinajstić information content (AvgIpc) is 3.38. The van der Waals surface area contributed by atoms with E-state index < -0.39 is 11.4 Å². The molecule has 1 aliphatic carbocycles. The summed E-state index contributed by atoms with van der Waals surface area (Å²) in [5, 5.41) is 11.4. The second kappa shape index (κ2) is 6.35. The highest BCUT2D eigenvalue weighted by molar-refractivity contribution is 5.80. The third kappa shape index (κ3) is 2.79. The van der Waals surface area contributed by atoms with E-state index in [1.807, 2.05) is 0 Å². The van der Waals surface area contributed by atoms with Crippen LogP contribution < -0.4 is 0 Å². The van der Waals surface area contributed by atoms with Gasteiger partial charge < -0.3 is 9.67 Å². The number of nitrogens with zero attached hydrogens (tertiary/aromatic N) is 3. The van der Waals surface area contributed by atoms with Crippen LogP contribution in [0.3, 0.4) is 0 Å². The molecule has 2 aromatic rings. The van der Waals surface area contributed by atoms with E-state index in [-0.39, 0.29) is 5.92 Å². The van der Waals surface area contributed by atoms with Crippen LogP contribution in [0.25, 0.3) is 10.9 Å². The third-order valence-corrected chi connectivity index (χ3v) is 7.33. The van der Waals surface area contributed by atoms with Crippen molar-refractivity contribution in [2.75, 3.05) is 26.2 Å². The fourth-order valence-electron chi connectivity index (χ4n) is 5.84. The number of fused-ring (bicyclic) bond motifs is 2. The minimum atomic E-state index is -0.589. The van der Waals surface area contributed by atoms with Crippen molar-refractivity contribution in [3.8, 4) is 0 Å². The van der Waals surface area contributed by atoms with E-state index in [2.05, 4.69) is 51.9 Å². The molecular formula is C22H29N3O2.